The number of benzene rings is 2. The van der Waals surface area contributed by atoms with Crippen molar-refractivity contribution >= 4 is 11.6 Å². The number of piperidine rings is 1. The Morgan fingerprint density at radius 2 is 1.92 bits per heavy atom. The zero-order valence-corrected chi connectivity index (χ0v) is 15.7. The Morgan fingerprint density at radius 3 is 2.62 bits per heavy atom. The van der Waals surface area contributed by atoms with Gasteiger partial charge in [-0.05, 0) is 43.0 Å². The number of aliphatic hydroxyl groups excluding tert-OH is 1. The maximum absolute atomic E-state index is 13.1. The fraction of sp³-hybridized carbons (Fsp3) is 0.409. The van der Waals surface area contributed by atoms with Gasteiger partial charge in [0.1, 0.15) is 0 Å². The molecule has 1 unspecified atom stereocenters. The Morgan fingerprint density at radius 1 is 1.15 bits per heavy atom. The van der Waals surface area contributed by atoms with Crippen molar-refractivity contribution in [1.82, 2.24) is 4.90 Å². The van der Waals surface area contributed by atoms with E-state index in [1.807, 2.05) is 66.4 Å². The van der Waals surface area contributed by atoms with Crippen LogP contribution in [0, 0.1) is 5.41 Å². The molecule has 0 aliphatic carbocycles. The first kappa shape index (κ1) is 18.5. The monoisotopic (exact) mass is 352 g/mol. The summed E-state index contributed by atoms with van der Waals surface area (Å²) in [7, 11) is 3.95. The normalized spacial score (nSPS) is 20.0. The number of amides is 1. The van der Waals surface area contributed by atoms with E-state index in [2.05, 4.69) is 12.1 Å². The average Bonchev–Trinajstić information content (AvgIpc) is 2.68. The third kappa shape index (κ3) is 4.07. The minimum atomic E-state index is -0.256. The van der Waals surface area contributed by atoms with E-state index in [9.17, 15) is 9.90 Å². The molecule has 4 nitrogen and oxygen atoms in total. The third-order valence-electron chi connectivity index (χ3n) is 5.32. The molecule has 1 N–H and O–H groups in total. The van der Waals surface area contributed by atoms with Gasteiger partial charge >= 0.3 is 0 Å². The highest BCUT2D eigenvalue weighted by Crippen LogP contribution is 2.34. The van der Waals surface area contributed by atoms with E-state index < -0.39 is 0 Å². The standard InChI is InChI=1S/C22H28N2O2/c1-23(2)20-11-6-10-19(14-20)21(26)24-13-7-12-22(16-24,17-25)15-18-8-4-3-5-9-18/h3-6,8-11,14,25H,7,12-13,15-17H2,1-2H3. The van der Waals surface area contributed by atoms with Gasteiger partial charge in [0, 0.05) is 43.9 Å². The Balaban J connectivity index is 1.78. The maximum Gasteiger partial charge on any atom is 0.253 e. The van der Waals surface area contributed by atoms with Gasteiger partial charge in [0.05, 0.1) is 6.61 Å². The largest absolute Gasteiger partial charge is 0.396 e. The molecule has 4 heteroatoms. The van der Waals surface area contributed by atoms with E-state index in [0.717, 1.165) is 31.5 Å². The van der Waals surface area contributed by atoms with E-state index in [4.69, 9.17) is 0 Å². The molecule has 1 heterocycles. The van der Waals surface area contributed by atoms with Gasteiger partial charge in [-0.1, -0.05) is 36.4 Å². The molecule has 0 spiro atoms. The molecule has 26 heavy (non-hydrogen) atoms. The topological polar surface area (TPSA) is 43.8 Å². The third-order valence-corrected chi connectivity index (χ3v) is 5.32. The SMILES string of the molecule is CN(C)c1cccc(C(=O)N2CCCC(CO)(Cc3ccccc3)C2)c1. The average molecular weight is 352 g/mol. The summed E-state index contributed by atoms with van der Waals surface area (Å²) in [5.41, 5.74) is 2.69. The van der Waals surface area contributed by atoms with E-state index >= 15 is 0 Å². The molecule has 0 aromatic heterocycles. The predicted octanol–water partition coefficient (Wildman–Crippen LogP) is 3.21. The molecule has 1 aliphatic heterocycles. The van der Waals surface area contributed by atoms with Crippen molar-refractivity contribution in [2.24, 2.45) is 5.41 Å². The summed E-state index contributed by atoms with van der Waals surface area (Å²) in [6, 6.07) is 18.0. The summed E-state index contributed by atoms with van der Waals surface area (Å²) >= 11 is 0. The van der Waals surface area contributed by atoms with Crippen molar-refractivity contribution in [1.29, 1.82) is 0 Å². The molecule has 1 aliphatic rings. The van der Waals surface area contributed by atoms with E-state index in [1.165, 1.54) is 5.56 Å². The molecule has 0 bridgehead atoms. The summed E-state index contributed by atoms with van der Waals surface area (Å²) in [5.74, 6) is 0.0549. The van der Waals surface area contributed by atoms with Crippen LogP contribution in [0.5, 0.6) is 0 Å². The van der Waals surface area contributed by atoms with Crippen molar-refractivity contribution in [2.45, 2.75) is 19.3 Å². The Kier molecular flexibility index (Phi) is 5.62. The fourth-order valence-corrected chi connectivity index (χ4v) is 3.84. The number of carbonyl (C=O) groups excluding carboxylic acids is 1. The number of aliphatic hydroxyl groups is 1. The van der Waals surface area contributed by atoms with Crippen molar-refractivity contribution in [3.05, 3.63) is 65.7 Å². The second-order valence-electron chi connectivity index (χ2n) is 7.60. The molecule has 3 rings (SSSR count). The first-order valence-corrected chi connectivity index (χ1v) is 9.24. The minimum absolute atomic E-state index is 0.0549. The molecule has 1 saturated heterocycles. The zero-order chi connectivity index (χ0) is 18.6. The summed E-state index contributed by atoms with van der Waals surface area (Å²) < 4.78 is 0. The smallest absolute Gasteiger partial charge is 0.253 e. The van der Waals surface area contributed by atoms with Crippen molar-refractivity contribution in [3.63, 3.8) is 0 Å². The van der Waals surface area contributed by atoms with Crippen molar-refractivity contribution in [2.75, 3.05) is 38.7 Å². The van der Waals surface area contributed by atoms with Crippen LogP contribution < -0.4 is 4.90 Å². The maximum atomic E-state index is 13.1. The molecular formula is C22H28N2O2. The fourth-order valence-electron chi connectivity index (χ4n) is 3.84. The Bertz CT molecular complexity index is 745. The van der Waals surface area contributed by atoms with Crippen molar-refractivity contribution in [3.8, 4) is 0 Å². The van der Waals surface area contributed by atoms with Gasteiger partial charge in [-0.2, -0.15) is 0 Å². The molecule has 1 amide bonds. The van der Waals surface area contributed by atoms with Gasteiger partial charge in [-0.15, -0.1) is 0 Å². The molecule has 1 fully saturated rings. The van der Waals surface area contributed by atoms with Gasteiger partial charge in [-0.25, -0.2) is 0 Å². The second-order valence-corrected chi connectivity index (χ2v) is 7.60. The molecule has 2 aromatic carbocycles. The van der Waals surface area contributed by atoms with Crippen LogP contribution in [0.15, 0.2) is 54.6 Å². The lowest BCUT2D eigenvalue weighted by atomic mass is 9.75. The van der Waals surface area contributed by atoms with E-state index in [0.29, 0.717) is 12.1 Å². The second kappa shape index (κ2) is 7.92. The number of carbonyl (C=O) groups is 1. The minimum Gasteiger partial charge on any atom is -0.396 e. The lowest BCUT2D eigenvalue weighted by Gasteiger charge is -2.42. The number of likely N-dealkylation sites (tertiary alicyclic amines) is 1. The van der Waals surface area contributed by atoms with Crippen LogP contribution in [-0.2, 0) is 6.42 Å². The molecule has 1 atom stereocenters. The van der Waals surface area contributed by atoms with Crippen LogP contribution in [0.25, 0.3) is 0 Å². The van der Waals surface area contributed by atoms with Gasteiger partial charge in [-0.3, -0.25) is 4.79 Å². The van der Waals surface area contributed by atoms with Crippen LogP contribution >= 0.6 is 0 Å². The van der Waals surface area contributed by atoms with E-state index in [1.54, 1.807) is 0 Å². The summed E-state index contributed by atoms with van der Waals surface area (Å²) in [6.45, 7) is 1.45. The number of nitrogens with zero attached hydrogens (tertiary/aromatic N) is 2. The number of anilines is 1. The summed E-state index contributed by atoms with van der Waals surface area (Å²) in [4.78, 5) is 17.0. The van der Waals surface area contributed by atoms with E-state index in [-0.39, 0.29) is 17.9 Å². The molecule has 2 aromatic rings. The summed E-state index contributed by atoms with van der Waals surface area (Å²) in [5, 5.41) is 10.1. The molecular weight excluding hydrogens is 324 g/mol. The number of rotatable bonds is 5. The number of hydrogen-bond donors (Lipinski definition) is 1. The first-order valence-electron chi connectivity index (χ1n) is 9.24. The quantitative estimate of drug-likeness (QED) is 0.899. The predicted molar refractivity (Wildman–Crippen MR) is 106 cm³/mol. The Labute approximate surface area is 156 Å². The zero-order valence-electron chi connectivity index (χ0n) is 15.7. The van der Waals surface area contributed by atoms with Crippen LogP contribution in [-0.4, -0.2) is 49.7 Å². The van der Waals surface area contributed by atoms with Crippen LogP contribution in [0.1, 0.15) is 28.8 Å². The van der Waals surface area contributed by atoms with Crippen LogP contribution in [0.2, 0.25) is 0 Å². The van der Waals surface area contributed by atoms with Crippen LogP contribution in [0.4, 0.5) is 5.69 Å². The van der Waals surface area contributed by atoms with Gasteiger partial charge in [0.2, 0.25) is 0 Å². The van der Waals surface area contributed by atoms with Gasteiger partial charge in [0.15, 0.2) is 0 Å². The van der Waals surface area contributed by atoms with Crippen molar-refractivity contribution < 1.29 is 9.90 Å². The highest BCUT2D eigenvalue weighted by Gasteiger charge is 2.37. The van der Waals surface area contributed by atoms with Gasteiger partial charge < -0.3 is 14.9 Å². The lowest BCUT2D eigenvalue weighted by molar-refractivity contribution is 0.0272. The highest BCUT2D eigenvalue weighted by atomic mass is 16.3. The lowest BCUT2D eigenvalue weighted by Crippen LogP contribution is -2.49. The Hall–Kier alpha value is -2.33. The molecule has 0 radical (unpaired) electrons. The number of hydrogen-bond acceptors (Lipinski definition) is 3. The van der Waals surface area contributed by atoms with Crippen LogP contribution in [0.3, 0.4) is 0 Å². The summed E-state index contributed by atoms with van der Waals surface area (Å²) in [6.07, 6.45) is 2.66. The first-order chi connectivity index (χ1) is 12.5. The highest BCUT2D eigenvalue weighted by molar-refractivity contribution is 5.95. The molecule has 138 valence electrons. The van der Waals surface area contributed by atoms with Gasteiger partial charge in [0.25, 0.3) is 5.91 Å². The molecule has 0 saturated carbocycles.